The molecule has 13 amide bonds. The highest BCUT2D eigenvalue weighted by atomic mass is 16.4. The molecule has 618 valence electrons. The number of phenols is 2. The molecule has 4 aromatic rings. The first-order valence-electron chi connectivity index (χ1n) is 36.9. The Hall–Kier alpha value is -13.0. The van der Waals surface area contributed by atoms with Crippen molar-refractivity contribution < 1.29 is 92.3 Å². The Balaban J connectivity index is 1.43. The first-order chi connectivity index (χ1) is 54.1. The van der Waals surface area contributed by atoms with Crippen LogP contribution in [-0.2, 0) is 97.6 Å². The Morgan fingerprint density at radius 1 is 0.447 bits per heavy atom. The van der Waals surface area contributed by atoms with E-state index >= 15 is 4.79 Å². The third-order valence-electron chi connectivity index (χ3n) is 18.2. The van der Waals surface area contributed by atoms with Crippen LogP contribution in [0.1, 0.15) is 107 Å². The highest BCUT2D eigenvalue weighted by Crippen LogP contribution is 2.20. The zero-order valence-corrected chi connectivity index (χ0v) is 63.4. The molecule has 5 rings (SSSR count). The molecule has 0 aromatic heterocycles. The number of benzene rings is 4. The number of rotatable bonds is 47. The van der Waals surface area contributed by atoms with E-state index in [4.69, 9.17) is 33.8 Å². The number of guanidine groups is 2. The Morgan fingerprint density at radius 3 is 1.21 bits per heavy atom. The van der Waals surface area contributed by atoms with Crippen LogP contribution in [0.4, 0.5) is 0 Å². The zero-order valence-electron chi connectivity index (χ0n) is 63.4. The van der Waals surface area contributed by atoms with Crippen LogP contribution in [0.25, 0.3) is 0 Å². The third-order valence-corrected chi connectivity index (χ3v) is 18.2. The van der Waals surface area contributed by atoms with E-state index in [9.17, 15) is 87.5 Å². The summed E-state index contributed by atoms with van der Waals surface area (Å²) in [6.07, 6.45) is -3.18. The Kier molecular flexibility index (Phi) is 37.5. The number of aliphatic carboxylic acids is 2. The number of nitrogens with zero attached hydrogens (tertiary/aromatic N) is 1. The van der Waals surface area contributed by atoms with Crippen LogP contribution >= 0.6 is 0 Å². The number of carboxylic acids is 2. The monoisotopic (exact) mass is 1590 g/mol. The summed E-state index contributed by atoms with van der Waals surface area (Å²) in [6, 6.07) is 11.1. The molecular weight excluding hydrogens is 1480 g/mol. The van der Waals surface area contributed by atoms with Gasteiger partial charge in [-0.3, -0.25) is 77.9 Å². The molecule has 0 radical (unpaired) electrons. The molecule has 0 saturated carbocycles. The molecular formula is C75H104N20O19. The number of carbonyl (C=O) groups excluding carboxylic acids is 13. The molecule has 4 aromatic carbocycles. The van der Waals surface area contributed by atoms with E-state index in [0.717, 1.165) is 0 Å². The van der Waals surface area contributed by atoms with E-state index in [1.807, 2.05) is 0 Å². The summed E-state index contributed by atoms with van der Waals surface area (Å²) in [5, 5.41) is 88.4. The molecule has 39 heteroatoms. The molecule has 11 unspecified atom stereocenters. The molecule has 11 atom stereocenters. The van der Waals surface area contributed by atoms with Crippen molar-refractivity contribution in [1.82, 2.24) is 74.0 Å². The summed E-state index contributed by atoms with van der Waals surface area (Å²) in [4.78, 5) is 208. The molecule has 0 aliphatic carbocycles. The predicted octanol–water partition coefficient (Wildman–Crippen LogP) is -4.30. The normalized spacial score (nSPS) is 14.9. The third kappa shape index (κ3) is 32.2. The number of aromatic hydroxyl groups is 2. The van der Waals surface area contributed by atoms with Crippen molar-refractivity contribution in [3.63, 3.8) is 0 Å². The van der Waals surface area contributed by atoms with Crippen LogP contribution in [0.2, 0.25) is 0 Å². The van der Waals surface area contributed by atoms with Crippen molar-refractivity contribution in [1.29, 1.82) is 10.8 Å². The minimum absolute atomic E-state index is 0.00918. The quantitative estimate of drug-likeness (QED) is 0.0113. The lowest BCUT2D eigenvalue weighted by Gasteiger charge is -2.28. The maximum absolute atomic E-state index is 15.0. The molecule has 39 nitrogen and oxygen atoms in total. The zero-order chi connectivity index (χ0) is 84.1. The SMILES string of the molecule is CC(NC(=O)C(CCC(=O)O)NC(=O)C(CCC(N)=O)NC(=O)C(Cc1ccccc1)NC(=O)CN)C(=O)NC(Cc1ccc(O)cc1)C(=O)NC(CCCNC(=N)N)C(=O)NC(CCCNC(=N)N)C(=O)NC(Cc1ccccc1)C(=O)NC(Cc1ccc(O)cc1)C(=O)NCC(=O)N1CCCC1C(=O)NC(C(=O)O)C(C)C. The number of nitrogens with one attached hydrogen (secondary N) is 15. The second-order valence-electron chi connectivity index (χ2n) is 27.5. The van der Waals surface area contributed by atoms with Crippen LogP contribution in [0.15, 0.2) is 109 Å². The van der Waals surface area contributed by atoms with E-state index in [2.05, 4.69) is 69.1 Å². The van der Waals surface area contributed by atoms with Gasteiger partial charge < -0.3 is 117 Å². The lowest BCUT2D eigenvalue weighted by molar-refractivity contribution is -0.145. The van der Waals surface area contributed by atoms with E-state index in [1.165, 1.54) is 60.4 Å². The molecule has 1 heterocycles. The summed E-state index contributed by atoms with van der Waals surface area (Å²) in [5.74, 6) is -16.6. The van der Waals surface area contributed by atoms with Gasteiger partial charge in [-0.2, -0.15) is 0 Å². The van der Waals surface area contributed by atoms with E-state index < -0.39 is 212 Å². The van der Waals surface area contributed by atoms with Gasteiger partial charge in [-0.1, -0.05) is 98.8 Å². The van der Waals surface area contributed by atoms with Gasteiger partial charge in [0.2, 0.25) is 76.8 Å². The molecule has 0 spiro atoms. The van der Waals surface area contributed by atoms with Gasteiger partial charge in [0.05, 0.1) is 13.1 Å². The molecule has 114 heavy (non-hydrogen) atoms. The van der Waals surface area contributed by atoms with Crippen LogP contribution in [0.5, 0.6) is 11.5 Å². The maximum atomic E-state index is 15.0. The van der Waals surface area contributed by atoms with E-state index in [0.29, 0.717) is 28.7 Å². The molecule has 1 saturated heterocycles. The van der Waals surface area contributed by atoms with Crippen LogP contribution in [-0.4, -0.2) is 225 Å². The number of amides is 13. The van der Waals surface area contributed by atoms with Gasteiger partial charge in [-0.15, -0.1) is 0 Å². The molecule has 1 aliphatic heterocycles. The minimum Gasteiger partial charge on any atom is -0.508 e. The van der Waals surface area contributed by atoms with Gasteiger partial charge in [0.1, 0.15) is 78.0 Å². The number of carbonyl (C=O) groups is 15. The van der Waals surface area contributed by atoms with Gasteiger partial charge in [-0.05, 0) is 111 Å². The highest BCUT2D eigenvalue weighted by molar-refractivity contribution is 6.00. The highest BCUT2D eigenvalue weighted by Gasteiger charge is 2.39. The fourth-order valence-electron chi connectivity index (χ4n) is 12.0. The standard InChI is InChI=1S/C75H104N20O19/c1-41(2)62(73(113)114)94-72(112)57-19-12-34-95(57)60(100)40-84-64(104)53(37-45-20-24-47(96)25-21-45)92-71(111)56(36-44-15-8-5-9-16-44)93-67(107)50(18-11-33-83-75(80)81)87-66(106)49(17-10-32-82-74(78)79)88-70(110)55(38-46-22-26-48(97)27-23-46)91-63(103)42(3)85-65(105)52(29-31-61(101)102)89-68(108)51(28-30-58(77)98)90-69(109)54(86-59(99)39-76)35-43-13-6-4-7-14-43/h4-9,13-16,20-27,41-42,49-57,62,96-97H,10-12,17-19,28-40,76H2,1-3H3,(H2,77,98)(H,84,104)(H,85,105)(H,86,99)(H,87,106)(H,88,110)(H,89,108)(H,90,109)(H,91,103)(H,92,111)(H,93,107)(H,94,112)(H,101,102)(H,113,114)(H4,78,79,82)(H4,80,81,83). The first kappa shape index (κ1) is 91.6. The van der Waals surface area contributed by atoms with Crippen LogP contribution in [0, 0.1) is 16.7 Å². The van der Waals surface area contributed by atoms with Gasteiger partial charge in [0.25, 0.3) is 0 Å². The molecule has 27 N–H and O–H groups in total. The number of likely N-dealkylation sites (tertiary alicyclic amines) is 1. The molecule has 1 fully saturated rings. The summed E-state index contributed by atoms with van der Waals surface area (Å²) in [5.41, 5.74) is 23.9. The summed E-state index contributed by atoms with van der Waals surface area (Å²) in [7, 11) is 0. The fraction of sp³-hybridized carbons (Fsp3) is 0.453. The Labute approximate surface area is 656 Å². The van der Waals surface area contributed by atoms with E-state index in [1.54, 1.807) is 74.5 Å². The molecule has 0 bridgehead atoms. The first-order valence-corrected chi connectivity index (χ1v) is 36.9. The van der Waals surface area contributed by atoms with E-state index in [-0.39, 0.29) is 88.9 Å². The topological polar surface area (TPSA) is 648 Å². The number of nitrogens with two attached hydrogens (primary N) is 4. The summed E-state index contributed by atoms with van der Waals surface area (Å²) in [6.45, 7) is 3.21. The predicted molar refractivity (Wildman–Crippen MR) is 412 cm³/mol. The average Bonchev–Trinajstić information content (AvgIpc) is 1.78. The number of hydrogen-bond acceptors (Lipinski definition) is 20. The fourth-order valence-corrected chi connectivity index (χ4v) is 12.0. The van der Waals surface area contributed by atoms with Crippen molar-refractivity contribution in [2.75, 3.05) is 32.7 Å². The maximum Gasteiger partial charge on any atom is 0.326 e. The van der Waals surface area contributed by atoms with Crippen molar-refractivity contribution in [3.05, 3.63) is 131 Å². The van der Waals surface area contributed by atoms with Crippen molar-refractivity contribution in [2.24, 2.45) is 28.9 Å². The average molecular weight is 1590 g/mol. The Bertz CT molecular complexity index is 4010. The molecule has 1 aliphatic rings. The second kappa shape index (κ2) is 46.6. The van der Waals surface area contributed by atoms with Crippen LogP contribution in [0.3, 0.4) is 0 Å². The largest absolute Gasteiger partial charge is 0.508 e. The summed E-state index contributed by atoms with van der Waals surface area (Å²) >= 11 is 0. The number of phenolic OH excluding ortho intramolecular Hbond substituents is 2. The Morgan fingerprint density at radius 2 is 0.816 bits per heavy atom. The van der Waals surface area contributed by atoms with Crippen LogP contribution < -0.4 is 92.1 Å². The van der Waals surface area contributed by atoms with Crippen molar-refractivity contribution in [2.45, 2.75) is 177 Å². The number of primary amides is 1. The van der Waals surface area contributed by atoms with Crippen molar-refractivity contribution >= 4 is 101 Å². The van der Waals surface area contributed by atoms with Gasteiger partial charge in [-0.25, -0.2) is 4.79 Å². The summed E-state index contributed by atoms with van der Waals surface area (Å²) < 4.78 is 0. The number of carboxylic acid groups (broad SMARTS) is 2. The smallest absolute Gasteiger partial charge is 0.326 e. The van der Waals surface area contributed by atoms with Crippen molar-refractivity contribution in [3.8, 4) is 11.5 Å². The number of hydrogen-bond donors (Lipinski definition) is 23. The lowest BCUT2D eigenvalue weighted by atomic mass is 10.0. The lowest BCUT2D eigenvalue weighted by Crippen LogP contribution is -2.61. The second-order valence-corrected chi connectivity index (χ2v) is 27.5. The van der Waals surface area contributed by atoms with Gasteiger partial charge >= 0.3 is 11.9 Å². The minimum atomic E-state index is -1.77. The van der Waals surface area contributed by atoms with Gasteiger partial charge in [0, 0.05) is 58.2 Å². The van der Waals surface area contributed by atoms with Gasteiger partial charge in [0.15, 0.2) is 11.9 Å².